The van der Waals surface area contributed by atoms with Gasteiger partial charge in [0, 0.05) is 32.0 Å². The fourth-order valence-electron chi connectivity index (χ4n) is 2.25. The Morgan fingerprint density at radius 1 is 1.33 bits per heavy atom. The van der Waals surface area contributed by atoms with Crippen LogP contribution in [0.4, 0.5) is 0 Å². The van der Waals surface area contributed by atoms with Crippen LogP contribution in [0.25, 0.3) is 0 Å². The van der Waals surface area contributed by atoms with Gasteiger partial charge in [0.25, 0.3) is 0 Å². The summed E-state index contributed by atoms with van der Waals surface area (Å²) in [7, 11) is 0. The molecular weight excluding hydrogens is 188 g/mol. The molecule has 0 atom stereocenters. The molecule has 2 rings (SSSR count). The lowest BCUT2D eigenvalue weighted by Gasteiger charge is -2.31. The van der Waals surface area contributed by atoms with E-state index < -0.39 is 0 Å². The van der Waals surface area contributed by atoms with E-state index in [9.17, 15) is 0 Å². The predicted octanol–water partition coefficient (Wildman–Crippen LogP) is 0.554. The second-order valence-electron chi connectivity index (χ2n) is 4.30. The van der Waals surface area contributed by atoms with Crippen LogP contribution in [0.1, 0.15) is 12.8 Å². The van der Waals surface area contributed by atoms with E-state index in [0.29, 0.717) is 0 Å². The van der Waals surface area contributed by atoms with Crippen molar-refractivity contribution in [3.8, 4) is 0 Å². The molecule has 1 fully saturated rings. The summed E-state index contributed by atoms with van der Waals surface area (Å²) in [5, 5.41) is 4.25. The number of hydrogen-bond acceptors (Lipinski definition) is 3. The molecule has 0 aliphatic carbocycles. The van der Waals surface area contributed by atoms with Crippen molar-refractivity contribution < 1.29 is 0 Å². The molecule has 4 heteroatoms. The Kier molecular flexibility index (Phi) is 3.75. The van der Waals surface area contributed by atoms with Gasteiger partial charge in [0.15, 0.2) is 0 Å². The topological polar surface area (TPSA) is 47.1 Å². The van der Waals surface area contributed by atoms with Crippen LogP contribution in [0.15, 0.2) is 18.5 Å². The van der Waals surface area contributed by atoms with Crippen molar-refractivity contribution in [2.24, 2.45) is 11.7 Å². The first-order valence-corrected chi connectivity index (χ1v) is 5.78. The molecule has 0 unspecified atom stereocenters. The van der Waals surface area contributed by atoms with E-state index in [1.165, 1.54) is 25.9 Å². The third kappa shape index (κ3) is 3.04. The van der Waals surface area contributed by atoms with E-state index in [4.69, 9.17) is 5.73 Å². The maximum Gasteiger partial charge on any atom is 0.0489 e. The van der Waals surface area contributed by atoms with Gasteiger partial charge in [-0.15, -0.1) is 0 Å². The molecule has 84 valence electrons. The summed E-state index contributed by atoms with van der Waals surface area (Å²) in [4.78, 5) is 2.46. The van der Waals surface area contributed by atoms with Gasteiger partial charge in [-0.05, 0) is 37.9 Å². The molecule has 0 spiro atoms. The molecule has 0 bridgehead atoms. The maximum absolute atomic E-state index is 5.55. The Morgan fingerprint density at radius 2 is 2.13 bits per heavy atom. The Morgan fingerprint density at radius 3 is 2.73 bits per heavy atom. The number of piperidine rings is 1. The number of likely N-dealkylation sites (tertiary alicyclic amines) is 1. The second-order valence-corrected chi connectivity index (χ2v) is 4.30. The van der Waals surface area contributed by atoms with Crippen molar-refractivity contribution in [2.45, 2.75) is 19.4 Å². The molecule has 4 nitrogen and oxygen atoms in total. The van der Waals surface area contributed by atoms with E-state index in [0.717, 1.165) is 25.6 Å². The lowest BCUT2D eigenvalue weighted by Crippen LogP contribution is -2.38. The Bertz CT molecular complexity index is 262. The number of hydrogen-bond donors (Lipinski definition) is 1. The standard InChI is InChI=1S/C11H20N4/c12-4-9-14-7-2-11(3-8-14)10-15-6-1-5-13-15/h1,5-6,11H,2-4,7-10,12H2. The van der Waals surface area contributed by atoms with Crippen LogP contribution < -0.4 is 5.73 Å². The van der Waals surface area contributed by atoms with E-state index in [1.54, 1.807) is 0 Å². The Hall–Kier alpha value is -0.870. The van der Waals surface area contributed by atoms with Crippen LogP contribution in [0.2, 0.25) is 0 Å². The minimum Gasteiger partial charge on any atom is -0.329 e. The van der Waals surface area contributed by atoms with Crippen LogP contribution in [0.3, 0.4) is 0 Å². The summed E-state index contributed by atoms with van der Waals surface area (Å²) in [6, 6.07) is 1.99. The highest BCUT2D eigenvalue weighted by molar-refractivity contribution is 4.80. The van der Waals surface area contributed by atoms with Crippen molar-refractivity contribution in [1.82, 2.24) is 14.7 Å². The molecule has 2 N–H and O–H groups in total. The molecule has 1 aliphatic heterocycles. The third-order valence-corrected chi connectivity index (χ3v) is 3.16. The summed E-state index contributed by atoms with van der Waals surface area (Å²) in [5.74, 6) is 0.791. The molecule has 1 saturated heterocycles. The molecule has 0 saturated carbocycles. The van der Waals surface area contributed by atoms with Crippen LogP contribution in [0.5, 0.6) is 0 Å². The van der Waals surface area contributed by atoms with E-state index in [2.05, 4.69) is 10.00 Å². The largest absolute Gasteiger partial charge is 0.329 e. The zero-order valence-corrected chi connectivity index (χ0v) is 9.18. The van der Waals surface area contributed by atoms with Crippen molar-refractivity contribution >= 4 is 0 Å². The van der Waals surface area contributed by atoms with Gasteiger partial charge in [0.1, 0.15) is 0 Å². The van der Waals surface area contributed by atoms with Gasteiger partial charge < -0.3 is 10.6 Å². The molecule has 15 heavy (non-hydrogen) atoms. The number of rotatable bonds is 4. The van der Waals surface area contributed by atoms with Gasteiger partial charge in [-0.1, -0.05) is 0 Å². The molecule has 0 aromatic carbocycles. The minimum atomic E-state index is 0.782. The molecule has 1 aliphatic rings. The average Bonchev–Trinajstić information content (AvgIpc) is 2.74. The smallest absolute Gasteiger partial charge is 0.0489 e. The van der Waals surface area contributed by atoms with Crippen LogP contribution in [-0.2, 0) is 6.54 Å². The van der Waals surface area contributed by atoms with Crippen molar-refractivity contribution in [3.05, 3.63) is 18.5 Å². The number of nitrogens with two attached hydrogens (primary N) is 1. The van der Waals surface area contributed by atoms with Crippen molar-refractivity contribution in [1.29, 1.82) is 0 Å². The zero-order valence-electron chi connectivity index (χ0n) is 9.18. The molecule has 0 amide bonds. The normalized spacial score (nSPS) is 19.5. The lowest BCUT2D eigenvalue weighted by atomic mass is 9.97. The van der Waals surface area contributed by atoms with Gasteiger partial charge in [-0.25, -0.2) is 0 Å². The molecule has 2 heterocycles. The average molecular weight is 208 g/mol. The van der Waals surface area contributed by atoms with Crippen molar-refractivity contribution in [3.63, 3.8) is 0 Å². The van der Waals surface area contributed by atoms with Crippen molar-refractivity contribution in [2.75, 3.05) is 26.2 Å². The summed E-state index contributed by atoms with van der Waals surface area (Å²) >= 11 is 0. The summed E-state index contributed by atoms with van der Waals surface area (Å²) in [6.45, 7) is 5.30. The first kappa shape index (κ1) is 10.6. The maximum atomic E-state index is 5.55. The Balaban J connectivity index is 1.74. The first-order chi connectivity index (χ1) is 7.38. The number of nitrogens with zero attached hydrogens (tertiary/aromatic N) is 3. The predicted molar refractivity (Wildman–Crippen MR) is 60.4 cm³/mol. The first-order valence-electron chi connectivity index (χ1n) is 5.78. The lowest BCUT2D eigenvalue weighted by molar-refractivity contribution is 0.175. The molecule has 1 aromatic heterocycles. The highest BCUT2D eigenvalue weighted by Gasteiger charge is 2.18. The molecular formula is C11H20N4. The van der Waals surface area contributed by atoms with Crippen LogP contribution >= 0.6 is 0 Å². The van der Waals surface area contributed by atoms with Gasteiger partial charge in [0.2, 0.25) is 0 Å². The van der Waals surface area contributed by atoms with E-state index >= 15 is 0 Å². The third-order valence-electron chi connectivity index (χ3n) is 3.16. The SMILES string of the molecule is NCCN1CCC(Cn2cccn2)CC1. The zero-order chi connectivity index (χ0) is 10.5. The summed E-state index contributed by atoms with van der Waals surface area (Å²) in [6.07, 6.45) is 6.45. The van der Waals surface area contributed by atoms with E-state index in [-0.39, 0.29) is 0 Å². The van der Waals surface area contributed by atoms with Gasteiger partial charge in [0.05, 0.1) is 0 Å². The highest BCUT2D eigenvalue weighted by atomic mass is 15.3. The summed E-state index contributed by atoms with van der Waals surface area (Å²) in [5.41, 5.74) is 5.55. The molecule has 0 radical (unpaired) electrons. The van der Waals surface area contributed by atoms with Crippen LogP contribution in [-0.4, -0.2) is 40.9 Å². The molecule has 1 aromatic rings. The fourth-order valence-corrected chi connectivity index (χ4v) is 2.25. The van der Waals surface area contributed by atoms with Gasteiger partial charge >= 0.3 is 0 Å². The van der Waals surface area contributed by atoms with Crippen LogP contribution in [0, 0.1) is 5.92 Å². The Labute approximate surface area is 91.1 Å². The van der Waals surface area contributed by atoms with Gasteiger partial charge in [-0.2, -0.15) is 5.10 Å². The quantitative estimate of drug-likeness (QED) is 0.786. The monoisotopic (exact) mass is 208 g/mol. The second kappa shape index (κ2) is 5.28. The van der Waals surface area contributed by atoms with E-state index in [1.807, 2.05) is 23.1 Å². The minimum absolute atomic E-state index is 0.782. The number of aromatic nitrogens is 2. The fraction of sp³-hybridized carbons (Fsp3) is 0.727. The van der Waals surface area contributed by atoms with Gasteiger partial charge in [-0.3, -0.25) is 4.68 Å². The highest BCUT2D eigenvalue weighted by Crippen LogP contribution is 2.18. The summed E-state index contributed by atoms with van der Waals surface area (Å²) < 4.78 is 2.04.